The van der Waals surface area contributed by atoms with Gasteiger partial charge in [0, 0.05) is 36.8 Å². The van der Waals surface area contributed by atoms with Gasteiger partial charge < -0.3 is 5.32 Å². The number of nitrogens with zero attached hydrogens (tertiary/aromatic N) is 2. The van der Waals surface area contributed by atoms with Gasteiger partial charge in [-0.25, -0.2) is 0 Å². The second-order valence-electron chi connectivity index (χ2n) is 8.25. The van der Waals surface area contributed by atoms with Crippen LogP contribution >= 0.6 is 0 Å². The van der Waals surface area contributed by atoms with Gasteiger partial charge >= 0.3 is 0 Å². The molecule has 3 nitrogen and oxygen atoms in total. The molecule has 1 aromatic heterocycles. The molecule has 114 valence electrons. The third kappa shape index (κ3) is 3.85. The summed E-state index contributed by atoms with van der Waals surface area (Å²) in [6.45, 7) is 12.4. The Bertz CT molecular complexity index is 441. The van der Waals surface area contributed by atoms with Gasteiger partial charge in [0.25, 0.3) is 0 Å². The lowest BCUT2D eigenvalue weighted by molar-refractivity contribution is 0.206. The highest BCUT2D eigenvalue weighted by molar-refractivity contribution is 5.24. The smallest absolute Gasteiger partial charge is 0.0722 e. The highest BCUT2D eigenvalue weighted by atomic mass is 15.3. The van der Waals surface area contributed by atoms with Crippen molar-refractivity contribution in [2.45, 2.75) is 78.3 Å². The van der Waals surface area contributed by atoms with Crippen LogP contribution in [0.1, 0.15) is 71.6 Å². The van der Waals surface area contributed by atoms with Gasteiger partial charge in [0.15, 0.2) is 0 Å². The summed E-state index contributed by atoms with van der Waals surface area (Å²) in [5, 5.41) is 8.39. The van der Waals surface area contributed by atoms with Gasteiger partial charge in [-0.2, -0.15) is 5.10 Å². The van der Waals surface area contributed by atoms with Gasteiger partial charge in [-0.05, 0) is 31.1 Å². The predicted molar refractivity (Wildman–Crippen MR) is 84.8 cm³/mol. The summed E-state index contributed by atoms with van der Waals surface area (Å²) < 4.78 is 1.95. The molecule has 1 aliphatic carbocycles. The van der Waals surface area contributed by atoms with E-state index in [0.29, 0.717) is 11.5 Å². The van der Waals surface area contributed by atoms with Crippen molar-refractivity contribution in [3.8, 4) is 0 Å². The minimum Gasteiger partial charge on any atom is -0.310 e. The fourth-order valence-electron chi connectivity index (χ4n) is 3.16. The standard InChI is InChI=1S/C17H31N3/c1-16(2,3)15-13(12-20(6)19-15)11-18-14-7-9-17(4,5)10-8-14/h12,14,18H,7-11H2,1-6H3. The van der Waals surface area contributed by atoms with Crippen LogP contribution in [0, 0.1) is 5.41 Å². The first-order chi connectivity index (χ1) is 9.17. The van der Waals surface area contributed by atoms with E-state index in [2.05, 4.69) is 51.2 Å². The Morgan fingerprint density at radius 3 is 2.45 bits per heavy atom. The third-order valence-electron chi connectivity index (χ3n) is 4.54. The van der Waals surface area contributed by atoms with Crippen molar-refractivity contribution in [1.82, 2.24) is 15.1 Å². The maximum Gasteiger partial charge on any atom is 0.0722 e. The molecule has 0 unspecified atom stereocenters. The van der Waals surface area contributed by atoms with E-state index in [-0.39, 0.29) is 5.41 Å². The van der Waals surface area contributed by atoms with Crippen LogP contribution in [-0.2, 0) is 19.0 Å². The summed E-state index contributed by atoms with van der Waals surface area (Å²) in [5.41, 5.74) is 3.24. The van der Waals surface area contributed by atoms with Crippen LogP contribution in [0.15, 0.2) is 6.20 Å². The Kier molecular flexibility index (Phi) is 4.29. The van der Waals surface area contributed by atoms with Gasteiger partial charge in [-0.15, -0.1) is 0 Å². The van der Waals surface area contributed by atoms with E-state index in [1.807, 2.05) is 11.7 Å². The molecule has 1 aromatic rings. The Balaban J connectivity index is 1.95. The summed E-state index contributed by atoms with van der Waals surface area (Å²) >= 11 is 0. The highest BCUT2D eigenvalue weighted by Crippen LogP contribution is 2.35. The molecule has 0 amide bonds. The fraction of sp³-hybridized carbons (Fsp3) is 0.824. The molecule has 0 radical (unpaired) electrons. The first-order valence-corrected chi connectivity index (χ1v) is 7.94. The third-order valence-corrected chi connectivity index (χ3v) is 4.54. The molecular weight excluding hydrogens is 246 g/mol. The number of aryl methyl sites for hydroxylation is 1. The van der Waals surface area contributed by atoms with Crippen LogP contribution in [0.2, 0.25) is 0 Å². The highest BCUT2D eigenvalue weighted by Gasteiger charge is 2.27. The van der Waals surface area contributed by atoms with E-state index < -0.39 is 0 Å². The molecular formula is C17H31N3. The van der Waals surface area contributed by atoms with Crippen LogP contribution in [0.4, 0.5) is 0 Å². The molecule has 0 spiro atoms. The number of rotatable bonds is 3. The second kappa shape index (κ2) is 5.51. The number of nitrogens with one attached hydrogen (secondary N) is 1. The number of hydrogen-bond acceptors (Lipinski definition) is 2. The van der Waals surface area contributed by atoms with E-state index >= 15 is 0 Å². The average molecular weight is 277 g/mol. The maximum atomic E-state index is 4.65. The molecule has 3 heteroatoms. The zero-order chi connectivity index (χ0) is 15.0. The average Bonchev–Trinajstić information content (AvgIpc) is 2.69. The monoisotopic (exact) mass is 277 g/mol. The van der Waals surface area contributed by atoms with Crippen molar-refractivity contribution in [2.24, 2.45) is 12.5 Å². The molecule has 0 aromatic carbocycles. The fourth-order valence-corrected chi connectivity index (χ4v) is 3.16. The minimum atomic E-state index is 0.118. The lowest BCUT2D eigenvalue weighted by Crippen LogP contribution is -2.35. The van der Waals surface area contributed by atoms with Crippen LogP contribution in [-0.4, -0.2) is 15.8 Å². The minimum absolute atomic E-state index is 0.118. The van der Waals surface area contributed by atoms with Crippen molar-refractivity contribution in [2.75, 3.05) is 0 Å². The summed E-state index contributed by atoms with van der Waals surface area (Å²) in [7, 11) is 2.02. The lowest BCUT2D eigenvalue weighted by Gasteiger charge is -2.34. The Labute approximate surface area is 124 Å². The largest absolute Gasteiger partial charge is 0.310 e. The van der Waals surface area contributed by atoms with Gasteiger partial charge in [0.1, 0.15) is 0 Å². The molecule has 1 N–H and O–H groups in total. The molecule has 1 aliphatic rings. The van der Waals surface area contributed by atoms with Gasteiger partial charge in [0.05, 0.1) is 5.69 Å². The van der Waals surface area contributed by atoms with Crippen LogP contribution in [0.25, 0.3) is 0 Å². The van der Waals surface area contributed by atoms with E-state index in [4.69, 9.17) is 0 Å². The van der Waals surface area contributed by atoms with E-state index in [1.54, 1.807) is 0 Å². The van der Waals surface area contributed by atoms with Crippen molar-refractivity contribution in [3.05, 3.63) is 17.5 Å². The number of hydrogen-bond donors (Lipinski definition) is 1. The molecule has 0 aliphatic heterocycles. The van der Waals surface area contributed by atoms with Crippen LogP contribution < -0.4 is 5.32 Å². The second-order valence-corrected chi connectivity index (χ2v) is 8.25. The molecule has 1 saturated carbocycles. The maximum absolute atomic E-state index is 4.65. The summed E-state index contributed by atoms with van der Waals surface area (Å²) in [4.78, 5) is 0. The quantitative estimate of drug-likeness (QED) is 0.911. The Hall–Kier alpha value is -0.830. The topological polar surface area (TPSA) is 29.9 Å². The molecule has 0 bridgehead atoms. The molecule has 1 fully saturated rings. The normalized spacial score (nSPS) is 20.3. The van der Waals surface area contributed by atoms with Crippen molar-refractivity contribution in [1.29, 1.82) is 0 Å². The summed E-state index contributed by atoms with van der Waals surface area (Å²) in [5.74, 6) is 0. The zero-order valence-corrected chi connectivity index (χ0v) is 14.1. The van der Waals surface area contributed by atoms with Gasteiger partial charge in [-0.1, -0.05) is 34.6 Å². The van der Waals surface area contributed by atoms with Crippen molar-refractivity contribution < 1.29 is 0 Å². The van der Waals surface area contributed by atoms with E-state index in [9.17, 15) is 0 Å². The molecule has 0 atom stereocenters. The molecule has 20 heavy (non-hydrogen) atoms. The van der Waals surface area contributed by atoms with Crippen LogP contribution in [0.3, 0.4) is 0 Å². The predicted octanol–water partition coefficient (Wildman–Crippen LogP) is 3.78. The Morgan fingerprint density at radius 2 is 1.90 bits per heavy atom. The SMILES string of the molecule is Cn1cc(CNC2CCC(C)(C)CC2)c(C(C)(C)C)n1. The molecule has 1 heterocycles. The van der Waals surface area contributed by atoms with E-state index in [1.165, 1.54) is 36.9 Å². The zero-order valence-electron chi connectivity index (χ0n) is 14.1. The lowest BCUT2D eigenvalue weighted by atomic mass is 9.75. The van der Waals surface area contributed by atoms with Crippen LogP contribution in [0.5, 0.6) is 0 Å². The first-order valence-electron chi connectivity index (χ1n) is 7.94. The van der Waals surface area contributed by atoms with Crippen molar-refractivity contribution in [3.63, 3.8) is 0 Å². The Morgan fingerprint density at radius 1 is 1.30 bits per heavy atom. The van der Waals surface area contributed by atoms with Gasteiger partial charge in [0.2, 0.25) is 0 Å². The summed E-state index contributed by atoms with van der Waals surface area (Å²) in [6, 6.07) is 0.677. The van der Waals surface area contributed by atoms with Gasteiger partial charge in [-0.3, -0.25) is 4.68 Å². The number of aromatic nitrogens is 2. The molecule has 0 saturated heterocycles. The molecule has 2 rings (SSSR count). The first kappa shape index (κ1) is 15.6. The van der Waals surface area contributed by atoms with Crippen molar-refractivity contribution >= 4 is 0 Å². The van der Waals surface area contributed by atoms with E-state index in [0.717, 1.165) is 6.54 Å². The summed E-state index contributed by atoms with van der Waals surface area (Å²) in [6.07, 6.45) is 7.45.